The molecular formula is C26H29N7O2. The molecule has 4 heterocycles. The molecule has 35 heavy (non-hydrogen) atoms. The lowest BCUT2D eigenvalue weighted by Crippen LogP contribution is -2.43. The van der Waals surface area contributed by atoms with Gasteiger partial charge in [-0.05, 0) is 38.0 Å². The van der Waals surface area contributed by atoms with E-state index in [0.717, 1.165) is 67.0 Å². The summed E-state index contributed by atoms with van der Waals surface area (Å²) in [4.78, 5) is 23.6. The highest BCUT2D eigenvalue weighted by Gasteiger charge is 2.31. The van der Waals surface area contributed by atoms with Crippen molar-refractivity contribution in [2.24, 2.45) is 5.92 Å². The summed E-state index contributed by atoms with van der Waals surface area (Å²) >= 11 is 0. The molecule has 3 fully saturated rings. The number of anilines is 1. The Hall–Kier alpha value is -3.64. The molecule has 3 aliphatic rings. The highest BCUT2D eigenvalue weighted by molar-refractivity contribution is 5.85. The number of carbonyl (C=O) groups excluding carboxylic acids is 1. The molecule has 0 spiro atoms. The summed E-state index contributed by atoms with van der Waals surface area (Å²) in [5.41, 5.74) is 4.91. The number of amides is 1. The smallest absolute Gasteiger partial charge is 0.241 e. The third-order valence-corrected chi connectivity index (χ3v) is 7.30. The molecule has 3 aromatic rings. The molecule has 2 saturated heterocycles. The van der Waals surface area contributed by atoms with Crippen LogP contribution >= 0.6 is 0 Å². The molecule has 1 unspecified atom stereocenters. The summed E-state index contributed by atoms with van der Waals surface area (Å²) in [6.07, 6.45) is 4.42. The predicted molar refractivity (Wildman–Crippen MR) is 132 cm³/mol. The zero-order valence-electron chi connectivity index (χ0n) is 19.8. The van der Waals surface area contributed by atoms with Gasteiger partial charge in [-0.25, -0.2) is 9.97 Å². The van der Waals surface area contributed by atoms with Crippen molar-refractivity contribution in [2.75, 3.05) is 37.6 Å². The summed E-state index contributed by atoms with van der Waals surface area (Å²) in [5, 5.41) is 16.1. The molecule has 1 aromatic carbocycles. The van der Waals surface area contributed by atoms with Crippen LogP contribution in [-0.2, 0) is 4.79 Å². The molecule has 2 atom stereocenters. The van der Waals surface area contributed by atoms with Crippen molar-refractivity contribution >= 4 is 22.6 Å². The van der Waals surface area contributed by atoms with Crippen molar-refractivity contribution in [3.63, 3.8) is 0 Å². The number of rotatable bonds is 6. The molecule has 0 radical (unpaired) electrons. The molecule has 2 aromatic heterocycles. The van der Waals surface area contributed by atoms with E-state index in [1.807, 2.05) is 37.5 Å². The van der Waals surface area contributed by atoms with E-state index in [9.17, 15) is 10.1 Å². The summed E-state index contributed by atoms with van der Waals surface area (Å²) in [7, 11) is 0. The highest BCUT2D eigenvalue weighted by atomic mass is 16.5. The van der Waals surface area contributed by atoms with Gasteiger partial charge in [0.25, 0.3) is 0 Å². The topological polar surface area (TPSA) is 108 Å². The quantitative estimate of drug-likeness (QED) is 0.569. The summed E-state index contributed by atoms with van der Waals surface area (Å²) < 4.78 is 8.60. The number of benzene rings is 1. The minimum Gasteiger partial charge on any atom is -0.473 e. The number of nitrogens with one attached hydrogen (secondary N) is 2. The van der Waals surface area contributed by atoms with Crippen LogP contribution in [0.15, 0.2) is 30.6 Å². The first-order valence-electron chi connectivity index (χ1n) is 12.4. The van der Waals surface area contributed by atoms with Crippen LogP contribution in [0.5, 0.6) is 5.88 Å². The average Bonchev–Trinajstić information content (AvgIpc) is 3.49. The molecule has 9 nitrogen and oxygen atoms in total. The Balaban J connectivity index is 1.38. The molecule has 0 bridgehead atoms. The zero-order valence-corrected chi connectivity index (χ0v) is 19.8. The molecule has 1 amide bonds. The number of carbonyl (C=O) groups is 1. The second-order valence-corrected chi connectivity index (χ2v) is 9.74. The third kappa shape index (κ3) is 4.19. The van der Waals surface area contributed by atoms with Gasteiger partial charge in [-0.1, -0.05) is 6.07 Å². The first-order chi connectivity index (χ1) is 17.1. The Kier molecular flexibility index (Phi) is 5.53. The van der Waals surface area contributed by atoms with E-state index in [-0.39, 0.29) is 17.9 Å². The minimum atomic E-state index is -0.174. The summed E-state index contributed by atoms with van der Waals surface area (Å²) in [6, 6.07) is 10.7. The molecule has 6 rings (SSSR count). The van der Waals surface area contributed by atoms with E-state index >= 15 is 0 Å². The van der Waals surface area contributed by atoms with Crippen LogP contribution in [0.2, 0.25) is 0 Å². The zero-order chi connectivity index (χ0) is 23.9. The first-order valence-corrected chi connectivity index (χ1v) is 12.4. The van der Waals surface area contributed by atoms with Gasteiger partial charge in [-0.3, -0.25) is 4.79 Å². The molecule has 9 heteroatoms. The van der Waals surface area contributed by atoms with Crippen LogP contribution in [-0.4, -0.2) is 59.3 Å². The molecule has 1 saturated carbocycles. The van der Waals surface area contributed by atoms with Crippen molar-refractivity contribution < 1.29 is 9.53 Å². The number of aromatic nitrogens is 3. The third-order valence-electron chi connectivity index (χ3n) is 7.30. The lowest BCUT2D eigenvalue weighted by atomic mass is 10.0. The van der Waals surface area contributed by atoms with Crippen molar-refractivity contribution in [2.45, 2.75) is 38.3 Å². The van der Waals surface area contributed by atoms with Crippen LogP contribution in [0.1, 0.15) is 37.8 Å². The van der Waals surface area contributed by atoms with Crippen LogP contribution < -0.4 is 20.3 Å². The average molecular weight is 472 g/mol. The fourth-order valence-electron chi connectivity index (χ4n) is 5.08. The minimum absolute atomic E-state index is 0.0638. The van der Waals surface area contributed by atoms with Crippen molar-refractivity contribution in [1.82, 2.24) is 25.2 Å². The number of piperazine rings is 1. The van der Waals surface area contributed by atoms with Gasteiger partial charge in [-0.15, -0.1) is 0 Å². The maximum Gasteiger partial charge on any atom is 0.241 e. The van der Waals surface area contributed by atoms with Crippen molar-refractivity contribution in [1.29, 1.82) is 5.26 Å². The predicted octanol–water partition coefficient (Wildman–Crippen LogP) is 2.62. The number of hydrogen-bond acceptors (Lipinski definition) is 7. The van der Waals surface area contributed by atoms with Gasteiger partial charge in [0.1, 0.15) is 17.7 Å². The number of nitriles is 1. The van der Waals surface area contributed by atoms with E-state index in [1.54, 1.807) is 0 Å². The van der Waals surface area contributed by atoms with Crippen LogP contribution in [0, 0.1) is 17.2 Å². The molecular weight excluding hydrogens is 442 g/mol. The molecule has 2 N–H and O–H groups in total. The van der Waals surface area contributed by atoms with Gasteiger partial charge < -0.3 is 24.8 Å². The fraction of sp³-hybridized carbons (Fsp3) is 0.462. The molecule has 180 valence electrons. The SMILES string of the molecule is C[C@@H](Oc1nc(-c2ccc(N3CCNCC3)c(C#N)c2)cc2ncn(C3CC3)c12)C1CNC(=O)C1. The monoisotopic (exact) mass is 471 g/mol. The van der Waals surface area contributed by atoms with Gasteiger partial charge in [0.05, 0.1) is 28.8 Å². The van der Waals surface area contributed by atoms with E-state index in [0.29, 0.717) is 30.5 Å². The van der Waals surface area contributed by atoms with E-state index < -0.39 is 0 Å². The molecule has 1 aliphatic carbocycles. The number of fused-ring (bicyclic) bond motifs is 1. The van der Waals surface area contributed by atoms with Gasteiger partial charge in [0.2, 0.25) is 11.8 Å². The van der Waals surface area contributed by atoms with E-state index in [2.05, 4.69) is 31.2 Å². The van der Waals surface area contributed by atoms with Crippen molar-refractivity contribution in [3.8, 4) is 23.2 Å². The fourth-order valence-corrected chi connectivity index (χ4v) is 5.08. The molecule has 2 aliphatic heterocycles. The van der Waals surface area contributed by atoms with Gasteiger partial charge in [0.15, 0.2) is 0 Å². The lowest BCUT2D eigenvalue weighted by molar-refractivity contribution is -0.119. The number of ether oxygens (including phenoxy) is 1. The standard InChI is InChI=1S/C26H29N7O2/c1-16(19-11-24(34)29-14-19)35-26-25-22(30-15-33(25)20-3-4-20)12-21(31-26)17-2-5-23(18(10-17)13-27)32-8-6-28-7-9-32/h2,5,10,12,15-16,19-20,28H,3-4,6-9,11,14H2,1H3,(H,29,34)/t16-,19?/m1/s1. The normalized spacial score (nSPS) is 21.1. The Bertz CT molecular complexity index is 1320. The number of nitrogens with zero attached hydrogens (tertiary/aromatic N) is 5. The van der Waals surface area contributed by atoms with Gasteiger partial charge in [-0.2, -0.15) is 5.26 Å². The summed E-state index contributed by atoms with van der Waals surface area (Å²) in [5.74, 6) is 0.705. The van der Waals surface area contributed by atoms with Gasteiger partial charge in [0, 0.05) is 56.7 Å². The lowest BCUT2D eigenvalue weighted by Gasteiger charge is -2.30. The van der Waals surface area contributed by atoms with Crippen LogP contribution in [0.3, 0.4) is 0 Å². The number of pyridine rings is 1. The first kappa shape index (κ1) is 21.9. The highest BCUT2D eigenvalue weighted by Crippen LogP contribution is 2.40. The second-order valence-electron chi connectivity index (χ2n) is 9.74. The van der Waals surface area contributed by atoms with Gasteiger partial charge >= 0.3 is 0 Å². The second kappa shape index (κ2) is 8.86. The maximum absolute atomic E-state index is 11.7. The number of imidazole rings is 1. The van der Waals surface area contributed by atoms with Crippen LogP contribution in [0.25, 0.3) is 22.3 Å². The maximum atomic E-state index is 11.7. The largest absolute Gasteiger partial charge is 0.473 e. The Morgan fingerprint density at radius 3 is 2.77 bits per heavy atom. The Labute approximate surface area is 204 Å². The van der Waals surface area contributed by atoms with Crippen molar-refractivity contribution in [3.05, 3.63) is 36.2 Å². The summed E-state index contributed by atoms with van der Waals surface area (Å²) in [6.45, 7) is 6.20. The number of hydrogen-bond donors (Lipinski definition) is 2. The van der Waals surface area contributed by atoms with E-state index in [1.165, 1.54) is 0 Å². The Morgan fingerprint density at radius 1 is 1.23 bits per heavy atom. The van der Waals surface area contributed by atoms with Crippen LogP contribution in [0.4, 0.5) is 5.69 Å². The van der Waals surface area contributed by atoms with E-state index in [4.69, 9.17) is 9.72 Å². The Morgan fingerprint density at radius 2 is 2.06 bits per heavy atom.